The quantitative estimate of drug-likeness (QED) is 0.897. The lowest BCUT2D eigenvalue weighted by atomic mass is 10.3. The van der Waals surface area contributed by atoms with E-state index in [1.54, 1.807) is 22.1 Å². The van der Waals surface area contributed by atoms with Gasteiger partial charge in [0.05, 0.1) is 5.56 Å². The molecule has 1 N–H and O–H groups in total. The van der Waals surface area contributed by atoms with Gasteiger partial charge >= 0.3 is 6.18 Å². The van der Waals surface area contributed by atoms with Crippen LogP contribution in [0.2, 0.25) is 0 Å². The number of H-pyrrole nitrogens is 1. The molecule has 1 aliphatic rings. The van der Waals surface area contributed by atoms with E-state index in [4.69, 9.17) is 0 Å². The van der Waals surface area contributed by atoms with Crippen molar-refractivity contribution in [2.75, 3.05) is 31.1 Å². The highest BCUT2D eigenvalue weighted by Gasteiger charge is 2.32. The van der Waals surface area contributed by atoms with Crippen LogP contribution in [0.15, 0.2) is 24.7 Å². The molecule has 0 atom stereocenters. The van der Waals surface area contributed by atoms with Crippen molar-refractivity contribution in [3.8, 4) is 0 Å². The molecule has 1 amide bonds. The fraction of sp³-hybridized carbons (Fsp3) is 0.385. The molecule has 10 heteroatoms. The molecule has 23 heavy (non-hydrogen) atoms. The zero-order valence-electron chi connectivity index (χ0n) is 11.9. The summed E-state index contributed by atoms with van der Waals surface area (Å²) in [6, 6.07) is 1.59. The van der Waals surface area contributed by atoms with Crippen LogP contribution in [-0.2, 0) is 6.18 Å². The average Bonchev–Trinajstić information content (AvgIpc) is 3.08. The highest BCUT2D eigenvalue weighted by atomic mass is 19.4. The van der Waals surface area contributed by atoms with Gasteiger partial charge in [-0.2, -0.15) is 18.3 Å². The van der Waals surface area contributed by atoms with Crippen LogP contribution in [0, 0.1) is 0 Å². The standard InChI is InChI=1S/C13H13F3N6O/c14-13(15,16)9-7-17-12(18-8-9)22-5-3-21(4-6-22)11(23)10-1-2-19-20-10/h1-2,7-8H,3-6H2,(H,19,20). The first-order chi connectivity index (χ1) is 10.9. The minimum atomic E-state index is -4.45. The average molecular weight is 326 g/mol. The maximum Gasteiger partial charge on any atom is 0.419 e. The van der Waals surface area contributed by atoms with Gasteiger partial charge in [0.25, 0.3) is 5.91 Å². The summed E-state index contributed by atoms with van der Waals surface area (Å²) in [6.45, 7) is 1.75. The van der Waals surface area contributed by atoms with Crippen LogP contribution in [-0.4, -0.2) is 57.2 Å². The highest BCUT2D eigenvalue weighted by molar-refractivity contribution is 5.92. The van der Waals surface area contributed by atoms with Crippen molar-refractivity contribution in [2.45, 2.75) is 6.18 Å². The van der Waals surface area contributed by atoms with Gasteiger partial charge in [-0.3, -0.25) is 9.89 Å². The summed E-state index contributed by atoms with van der Waals surface area (Å²) in [5, 5.41) is 6.42. The number of rotatable bonds is 2. The Kier molecular flexibility index (Phi) is 3.89. The van der Waals surface area contributed by atoms with E-state index in [0.29, 0.717) is 31.9 Å². The van der Waals surface area contributed by atoms with Crippen LogP contribution in [0.25, 0.3) is 0 Å². The van der Waals surface area contributed by atoms with Crippen molar-refractivity contribution in [3.05, 3.63) is 35.9 Å². The van der Waals surface area contributed by atoms with Crippen LogP contribution in [0.3, 0.4) is 0 Å². The molecule has 0 radical (unpaired) electrons. The number of piperazine rings is 1. The number of hydrogen-bond acceptors (Lipinski definition) is 5. The Labute approximate surface area is 129 Å². The van der Waals surface area contributed by atoms with Crippen molar-refractivity contribution in [3.63, 3.8) is 0 Å². The van der Waals surface area contributed by atoms with Crippen LogP contribution in [0.4, 0.5) is 19.1 Å². The fourth-order valence-electron chi connectivity index (χ4n) is 2.28. The number of anilines is 1. The summed E-state index contributed by atoms with van der Waals surface area (Å²) in [5.41, 5.74) is -0.544. The third kappa shape index (κ3) is 3.25. The molecule has 3 rings (SSSR count). The molecule has 0 saturated carbocycles. The lowest BCUT2D eigenvalue weighted by Gasteiger charge is -2.34. The molecule has 1 fully saturated rings. The number of alkyl halides is 3. The van der Waals surface area contributed by atoms with E-state index < -0.39 is 11.7 Å². The molecule has 0 spiro atoms. The first-order valence-electron chi connectivity index (χ1n) is 6.88. The van der Waals surface area contributed by atoms with Crippen molar-refractivity contribution in [2.24, 2.45) is 0 Å². The van der Waals surface area contributed by atoms with E-state index in [-0.39, 0.29) is 11.9 Å². The molecule has 3 heterocycles. The fourth-order valence-corrected chi connectivity index (χ4v) is 2.28. The molecule has 2 aromatic heterocycles. The SMILES string of the molecule is O=C(c1cc[nH]n1)N1CCN(c2ncc(C(F)(F)F)cn2)CC1. The Balaban J connectivity index is 1.62. The minimum Gasteiger partial charge on any atom is -0.337 e. The molecule has 2 aromatic rings. The van der Waals surface area contributed by atoms with Crippen molar-refractivity contribution in [1.29, 1.82) is 0 Å². The molecule has 7 nitrogen and oxygen atoms in total. The Morgan fingerprint density at radius 3 is 2.30 bits per heavy atom. The van der Waals surface area contributed by atoms with Crippen LogP contribution >= 0.6 is 0 Å². The van der Waals surface area contributed by atoms with Crippen LogP contribution < -0.4 is 4.90 Å². The summed E-state index contributed by atoms with van der Waals surface area (Å²) in [4.78, 5) is 23.0. The Bertz CT molecular complexity index is 662. The van der Waals surface area contributed by atoms with Gasteiger partial charge in [-0.15, -0.1) is 0 Å². The summed E-state index contributed by atoms with van der Waals surface area (Å²) in [6.07, 6.45) is -1.35. The normalized spacial score (nSPS) is 15.8. The predicted molar refractivity (Wildman–Crippen MR) is 73.7 cm³/mol. The lowest BCUT2D eigenvalue weighted by Crippen LogP contribution is -2.49. The molecular formula is C13H13F3N6O. The van der Waals surface area contributed by atoms with Gasteiger partial charge in [0.1, 0.15) is 5.69 Å². The van der Waals surface area contributed by atoms with E-state index >= 15 is 0 Å². The molecular weight excluding hydrogens is 313 g/mol. The van der Waals surface area contributed by atoms with Crippen LogP contribution in [0.1, 0.15) is 16.1 Å². The zero-order chi connectivity index (χ0) is 16.4. The molecule has 0 bridgehead atoms. The smallest absolute Gasteiger partial charge is 0.337 e. The Morgan fingerprint density at radius 2 is 1.78 bits per heavy atom. The van der Waals surface area contributed by atoms with Gasteiger partial charge in [0, 0.05) is 44.8 Å². The predicted octanol–water partition coefficient (Wildman–Crippen LogP) is 1.18. The van der Waals surface area contributed by atoms with E-state index in [0.717, 1.165) is 12.4 Å². The number of amides is 1. The second-order valence-electron chi connectivity index (χ2n) is 5.01. The maximum absolute atomic E-state index is 12.5. The van der Waals surface area contributed by atoms with Gasteiger partial charge in [-0.1, -0.05) is 0 Å². The molecule has 1 aliphatic heterocycles. The number of carbonyl (C=O) groups is 1. The van der Waals surface area contributed by atoms with Crippen molar-refractivity contribution >= 4 is 11.9 Å². The Hall–Kier alpha value is -2.65. The minimum absolute atomic E-state index is 0.181. The number of aromatic nitrogens is 4. The van der Waals surface area contributed by atoms with Gasteiger partial charge in [-0.25, -0.2) is 9.97 Å². The first kappa shape index (κ1) is 15.3. The van der Waals surface area contributed by atoms with Gasteiger partial charge in [-0.05, 0) is 6.07 Å². The number of halogens is 3. The van der Waals surface area contributed by atoms with E-state index in [1.165, 1.54) is 0 Å². The summed E-state index contributed by atoms with van der Waals surface area (Å²) in [5.74, 6) is 0.0455. The number of nitrogens with zero attached hydrogens (tertiary/aromatic N) is 5. The van der Waals surface area contributed by atoms with Gasteiger partial charge in [0.15, 0.2) is 0 Å². The summed E-state index contributed by atoms with van der Waals surface area (Å²) < 4.78 is 37.5. The molecule has 0 aliphatic carbocycles. The second kappa shape index (κ2) is 5.86. The third-order valence-electron chi connectivity index (χ3n) is 3.54. The lowest BCUT2D eigenvalue weighted by molar-refractivity contribution is -0.138. The van der Waals surface area contributed by atoms with Crippen LogP contribution in [0.5, 0.6) is 0 Å². The number of carbonyl (C=O) groups excluding carboxylic acids is 1. The first-order valence-corrected chi connectivity index (χ1v) is 6.88. The third-order valence-corrected chi connectivity index (χ3v) is 3.54. The number of hydrogen-bond donors (Lipinski definition) is 1. The molecule has 0 unspecified atom stereocenters. The Morgan fingerprint density at radius 1 is 1.13 bits per heavy atom. The second-order valence-corrected chi connectivity index (χ2v) is 5.01. The molecule has 1 saturated heterocycles. The summed E-state index contributed by atoms with van der Waals surface area (Å²) in [7, 11) is 0. The number of aromatic amines is 1. The highest BCUT2D eigenvalue weighted by Crippen LogP contribution is 2.28. The van der Waals surface area contributed by atoms with E-state index in [1.807, 2.05) is 0 Å². The number of nitrogens with one attached hydrogen (secondary N) is 1. The zero-order valence-corrected chi connectivity index (χ0v) is 11.9. The summed E-state index contributed by atoms with van der Waals surface area (Å²) >= 11 is 0. The molecule has 0 aromatic carbocycles. The van der Waals surface area contributed by atoms with Crippen molar-refractivity contribution in [1.82, 2.24) is 25.1 Å². The van der Waals surface area contributed by atoms with Crippen molar-refractivity contribution < 1.29 is 18.0 Å². The maximum atomic E-state index is 12.5. The van der Waals surface area contributed by atoms with Gasteiger partial charge < -0.3 is 9.80 Å². The largest absolute Gasteiger partial charge is 0.419 e. The van der Waals surface area contributed by atoms with E-state index in [2.05, 4.69) is 20.2 Å². The van der Waals surface area contributed by atoms with Gasteiger partial charge in [0.2, 0.25) is 5.95 Å². The molecule has 122 valence electrons. The topological polar surface area (TPSA) is 78.0 Å². The van der Waals surface area contributed by atoms with E-state index in [9.17, 15) is 18.0 Å². The monoisotopic (exact) mass is 326 g/mol.